The van der Waals surface area contributed by atoms with Crippen LogP contribution < -0.4 is 29.6 Å². The largest absolute Gasteiger partial charge is 1.00 e. The monoisotopic (exact) mass is 147 g/mol. The molecule has 0 saturated heterocycles. The Morgan fingerprint density at radius 2 is 1.50 bits per heavy atom. The van der Waals surface area contributed by atoms with Crippen LogP contribution >= 0.6 is 0 Å². The molecular weight excluding hydrogens is 145 g/mol. The van der Waals surface area contributed by atoms with E-state index in [1.165, 1.54) is 0 Å². The van der Waals surface area contributed by atoms with Gasteiger partial charge in [0.1, 0.15) is 0 Å². The number of nitrogens with zero attached hydrogens (tertiary/aromatic N) is 1. The van der Waals surface area contributed by atoms with E-state index in [2.05, 4.69) is 0 Å². The Morgan fingerprint density at radius 1 is 1.50 bits per heavy atom. The summed E-state index contributed by atoms with van der Waals surface area (Å²) in [6.45, 7) is 0. The van der Waals surface area contributed by atoms with E-state index < -0.39 is 11.4 Å². The van der Waals surface area contributed by atoms with E-state index in [0.29, 0.717) is 6.08 Å². The van der Waals surface area contributed by atoms with Crippen LogP contribution in [0.15, 0.2) is 0 Å². The van der Waals surface area contributed by atoms with Gasteiger partial charge < -0.3 is 5.41 Å². The topological polar surface area (TPSA) is 96.9 Å². The quantitative estimate of drug-likeness (QED) is 0.161. The van der Waals surface area contributed by atoms with Crippen LogP contribution in [0.25, 0.3) is 5.41 Å². The van der Waals surface area contributed by atoms with Crippen molar-refractivity contribution in [3.05, 3.63) is 5.41 Å². The van der Waals surface area contributed by atoms with E-state index in [9.17, 15) is 0 Å². The summed E-state index contributed by atoms with van der Waals surface area (Å²) in [5.41, 5.74) is 0. The molecule has 0 saturated carbocycles. The van der Waals surface area contributed by atoms with E-state index in [1.807, 2.05) is 0 Å². The molecule has 0 aliphatic rings. The number of rotatable bonds is 0. The molecule has 0 aromatic heterocycles. The summed E-state index contributed by atoms with van der Waals surface area (Å²) in [5.74, 6) is 0. The van der Waals surface area contributed by atoms with Crippen molar-refractivity contribution in [1.29, 1.82) is 0 Å². The second kappa shape index (κ2) is 15.7. The van der Waals surface area contributed by atoms with E-state index >= 15 is 0 Å². The summed E-state index contributed by atoms with van der Waals surface area (Å²) < 4.78 is 22.8. The molecule has 0 unspecified atom stereocenters. The van der Waals surface area contributed by atoms with Crippen molar-refractivity contribution < 1.29 is 47.7 Å². The molecule has 0 heterocycles. The first kappa shape index (κ1) is 15.8. The zero-order valence-electron chi connectivity index (χ0n) is 4.07. The first-order valence-electron chi connectivity index (χ1n) is 0.960. The van der Waals surface area contributed by atoms with Gasteiger partial charge in [0.05, 0.1) is 0 Å². The molecule has 5 nitrogen and oxygen atoms in total. The molecule has 0 aromatic rings. The molecule has 2 N–H and O–H groups in total. The summed E-state index contributed by atoms with van der Waals surface area (Å²) >= 11 is -2.61. The first-order valence-corrected chi connectivity index (χ1v) is 2.02. The minimum atomic E-state index is -2.61. The molecule has 0 amide bonds. The van der Waals surface area contributed by atoms with E-state index in [0.717, 1.165) is 0 Å². The van der Waals surface area contributed by atoms with Crippen LogP contribution in [0.5, 0.6) is 0 Å². The molecule has 0 rings (SSSR count). The Hall–Kier alpha value is 0.450. The normalized spacial score (nSPS) is 5.38. The van der Waals surface area contributed by atoms with E-state index in [4.69, 9.17) is 23.5 Å². The molecule has 42 valence electrons. The van der Waals surface area contributed by atoms with Crippen molar-refractivity contribution in [2.75, 3.05) is 0 Å². The smallest absolute Gasteiger partial charge is 0.724 e. The Bertz CT molecular complexity index is 84.0. The molecule has 0 bridgehead atoms. The number of hydrogen-bond acceptors (Lipinski definition) is 2. The van der Waals surface area contributed by atoms with Crippen LogP contribution in [0.4, 0.5) is 0 Å². The van der Waals surface area contributed by atoms with E-state index in [1.54, 1.807) is 0 Å². The molecule has 0 spiro atoms. The summed E-state index contributed by atoms with van der Waals surface area (Å²) in [6, 6.07) is 0. The maximum absolute atomic E-state index is 8.67. The number of isocyanates is 1. The third kappa shape index (κ3) is 946. The maximum atomic E-state index is 8.67. The van der Waals surface area contributed by atoms with Gasteiger partial charge in [-0.25, -0.2) is 0 Å². The summed E-state index contributed by atoms with van der Waals surface area (Å²) in [7, 11) is 0. The number of hydrogen-bond donors (Lipinski definition) is 2. The molecule has 8 heavy (non-hydrogen) atoms. The predicted molar refractivity (Wildman–Crippen MR) is 22.5 cm³/mol. The van der Waals surface area contributed by atoms with Crippen LogP contribution in [0.3, 0.4) is 0 Å². The maximum Gasteiger partial charge on any atom is 1.00 e. The molecular formula is CH2NNaO4S. The summed E-state index contributed by atoms with van der Waals surface area (Å²) in [6.07, 6.45) is 0.500. The zero-order chi connectivity index (χ0) is 6.28. The van der Waals surface area contributed by atoms with Crippen LogP contribution in [0.2, 0.25) is 0 Å². The van der Waals surface area contributed by atoms with Gasteiger partial charge in [-0.3, -0.25) is 13.9 Å². The summed E-state index contributed by atoms with van der Waals surface area (Å²) in [5, 5.41) is 6.76. The third-order valence-electron chi connectivity index (χ3n) is 0. The molecule has 0 radical (unpaired) electrons. The zero-order valence-corrected chi connectivity index (χ0v) is 6.88. The Morgan fingerprint density at radius 3 is 1.50 bits per heavy atom. The molecule has 0 aliphatic heterocycles. The molecule has 0 fully saturated rings. The summed E-state index contributed by atoms with van der Waals surface area (Å²) in [4.78, 5) is 8.24. The third-order valence-corrected chi connectivity index (χ3v) is 0. The van der Waals surface area contributed by atoms with Gasteiger partial charge in [0.2, 0.25) is 0 Å². The SMILES string of the molecule is O=S(O)O.[N-]=C=O.[Na+]. The van der Waals surface area contributed by atoms with Crippen molar-refractivity contribution in [3.8, 4) is 0 Å². The molecule has 0 aromatic carbocycles. The fraction of sp³-hybridized carbons (Fsp3) is 0. The van der Waals surface area contributed by atoms with Crippen LogP contribution in [-0.4, -0.2) is 19.4 Å². The van der Waals surface area contributed by atoms with Gasteiger partial charge in [0.15, 0.2) is 0 Å². The fourth-order valence-corrected chi connectivity index (χ4v) is 0. The van der Waals surface area contributed by atoms with Crippen molar-refractivity contribution in [2.45, 2.75) is 0 Å². The molecule has 0 atom stereocenters. The van der Waals surface area contributed by atoms with Gasteiger partial charge in [-0.05, 0) is 6.08 Å². The van der Waals surface area contributed by atoms with Gasteiger partial charge in [-0.1, -0.05) is 0 Å². The average molecular weight is 147 g/mol. The predicted octanol–water partition coefficient (Wildman–Crippen LogP) is -3.42. The van der Waals surface area contributed by atoms with Crippen LogP contribution in [0.1, 0.15) is 0 Å². The Kier molecular flexibility index (Phi) is 30.9. The van der Waals surface area contributed by atoms with Crippen molar-refractivity contribution in [1.82, 2.24) is 0 Å². The minimum Gasteiger partial charge on any atom is -0.724 e. The second-order valence-corrected chi connectivity index (χ2v) is 0.783. The molecule has 0 aliphatic carbocycles. The van der Waals surface area contributed by atoms with Crippen LogP contribution in [-0.2, 0) is 16.2 Å². The van der Waals surface area contributed by atoms with Crippen molar-refractivity contribution in [3.63, 3.8) is 0 Å². The second-order valence-electron chi connectivity index (χ2n) is 0.322. The standard InChI is InChI=1S/CNO.Na.H2O3S/c2-1-3;;1-4(2)3/h;;(H2,1,2,3)/q-1;+1;. The number of carbonyl (C=O) groups excluding carboxylic acids is 1. The van der Waals surface area contributed by atoms with E-state index in [-0.39, 0.29) is 29.6 Å². The van der Waals surface area contributed by atoms with Crippen LogP contribution in [0, 0.1) is 0 Å². The van der Waals surface area contributed by atoms with Gasteiger partial charge in [0, 0.05) is 0 Å². The van der Waals surface area contributed by atoms with Gasteiger partial charge >= 0.3 is 29.6 Å². The van der Waals surface area contributed by atoms with Crippen molar-refractivity contribution >= 4 is 17.4 Å². The fourth-order valence-electron chi connectivity index (χ4n) is 0. The Balaban J connectivity index is -0.0000000575. The Labute approximate surface area is 70.4 Å². The average Bonchev–Trinajstić information content (AvgIpc) is 1.33. The van der Waals surface area contributed by atoms with Gasteiger partial charge in [0.25, 0.3) is 11.4 Å². The minimum absolute atomic E-state index is 0. The van der Waals surface area contributed by atoms with Gasteiger partial charge in [-0.2, -0.15) is 4.21 Å². The first-order chi connectivity index (χ1) is 3.15. The van der Waals surface area contributed by atoms with Gasteiger partial charge in [-0.15, -0.1) is 0 Å². The molecule has 7 heteroatoms. The van der Waals surface area contributed by atoms with Crippen molar-refractivity contribution in [2.24, 2.45) is 0 Å².